The standard InChI is InChI=1S/C15H16F3N3O2/c16-15(17,18)11-3-1-2-10(8-11)14-19-13(23-20-14)9-21-6-4-12(22)5-7-21/h1-3,8,12,22H,4-7,9H2. The SMILES string of the molecule is OC1CCN(Cc2nc(-c3cccc(C(F)(F)F)c3)no2)CC1. The lowest BCUT2D eigenvalue weighted by molar-refractivity contribution is -0.137. The Morgan fingerprint density at radius 3 is 2.70 bits per heavy atom. The molecular weight excluding hydrogens is 311 g/mol. The van der Waals surface area contributed by atoms with E-state index in [-0.39, 0.29) is 17.5 Å². The Labute approximate surface area is 130 Å². The number of aliphatic hydroxyl groups is 1. The Balaban J connectivity index is 1.72. The summed E-state index contributed by atoms with van der Waals surface area (Å²) in [7, 11) is 0. The Morgan fingerprint density at radius 2 is 2.00 bits per heavy atom. The van der Waals surface area contributed by atoms with Gasteiger partial charge < -0.3 is 9.63 Å². The minimum atomic E-state index is -4.41. The van der Waals surface area contributed by atoms with Crippen LogP contribution in [0.15, 0.2) is 28.8 Å². The van der Waals surface area contributed by atoms with Crippen LogP contribution >= 0.6 is 0 Å². The van der Waals surface area contributed by atoms with E-state index in [1.54, 1.807) is 0 Å². The fourth-order valence-corrected chi connectivity index (χ4v) is 2.54. The molecule has 8 heteroatoms. The van der Waals surface area contributed by atoms with Gasteiger partial charge in [0.2, 0.25) is 11.7 Å². The van der Waals surface area contributed by atoms with Gasteiger partial charge in [0.25, 0.3) is 0 Å². The maximum atomic E-state index is 12.7. The van der Waals surface area contributed by atoms with Crippen LogP contribution in [0.5, 0.6) is 0 Å². The number of benzene rings is 1. The third-order valence-corrected chi connectivity index (χ3v) is 3.83. The van der Waals surface area contributed by atoms with E-state index in [4.69, 9.17) is 4.52 Å². The predicted octanol–water partition coefficient (Wildman–Crippen LogP) is 2.71. The zero-order valence-corrected chi connectivity index (χ0v) is 12.3. The van der Waals surface area contributed by atoms with Gasteiger partial charge in [0.05, 0.1) is 18.2 Å². The number of likely N-dealkylation sites (tertiary alicyclic amines) is 1. The number of hydrogen-bond acceptors (Lipinski definition) is 5. The Morgan fingerprint density at radius 1 is 1.26 bits per heavy atom. The molecule has 1 aromatic heterocycles. The molecule has 0 amide bonds. The molecule has 0 saturated carbocycles. The van der Waals surface area contributed by atoms with Gasteiger partial charge in [-0.15, -0.1) is 0 Å². The molecule has 0 spiro atoms. The first-order valence-electron chi connectivity index (χ1n) is 7.32. The predicted molar refractivity (Wildman–Crippen MR) is 75.3 cm³/mol. The van der Waals surface area contributed by atoms with Crippen molar-refractivity contribution in [2.75, 3.05) is 13.1 Å². The molecule has 124 valence electrons. The van der Waals surface area contributed by atoms with Gasteiger partial charge in [-0.2, -0.15) is 18.2 Å². The molecule has 0 unspecified atom stereocenters. The van der Waals surface area contributed by atoms with Crippen LogP contribution in [0.1, 0.15) is 24.3 Å². The highest BCUT2D eigenvalue weighted by molar-refractivity contribution is 5.55. The lowest BCUT2D eigenvalue weighted by atomic mass is 10.1. The normalized spacial score (nSPS) is 17.6. The molecule has 0 aliphatic carbocycles. The van der Waals surface area contributed by atoms with Crippen molar-refractivity contribution in [2.24, 2.45) is 0 Å². The summed E-state index contributed by atoms with van der Waals surface area (Å²) in [4.78, 5) is 6.23. The van der Waals surface area contributed by atoms with E-state index in [9.17, 15) is 18.3 Å². The number of piperidine rings is 1. The summed E-state index contributed by atoms with van der Waals surface area (Å²) in [6.07, 6.45) is -3.30. The van der Waals surface area contributed by atoms with Gasteiger partial charge in [0.1, 0.15) is 0 Å². The monoisotopic (exact) mass is 327 g/mol. The maximum Gasteiger partial charge on any atom is 0.416 e. The van der Waals surface area contributed by atoms with Crippen LogP contribution in [0.4, 0.5) is 13.2 Å². The van der Waals surface area contributed by atoms with Gasteiger partial charge >= 0.3 is 6.18 Å². The summed E-state index contributed by atoms with van der Waals surface area (Å²) in [6.45, 7) is 1.88. The first-order chi connectivity index (χ1) is 10.9. The van der Waals surface area contributed by atoms with E-state index in [2.05, 4.69) is 15.0 Å². The van der Waals surface area contributed by atoms with E-state index < -0.39 is 11.7 Å². The maximum absolute atomic E-state index is 12.7. The Bertz CT molecular complexity index is 664. The van der Waals surface area contributed by atoms with E-state index in [0.29, 0.717) is 25.3 Å². The number of aliphatic hydroxyl groups excluding tert-OH is 1. The average Bonchev–Trinajstić information content (AvgIpc) is 2.97. The van der Waals surface area contributed by atoms with E-state index in [1.165, 1.54) is 12.1 Å². The van der Waals surface area contributed by atoms with Crippen molar-refractivity contribution in [3.05, 3.63) is 35.7 Å². The van der Waals surface area contributed by atoms with E-state index >= 15 is 0 Å². The fourth-order valence-electron chi connectivity index (χ4n) is 2.54. The molecule has 0 radical (unpaired) electrons. The van der Waals surface area contributed by atoms with Crippen molar-refractivity contribution >= 4 is 0 Å². The molecule has 1 N–H and O–H groups in total. The molecule has 0 bridgehead atoms. The van der Waals surface area contributed by atoms with Gasteiger partial charge in [0, 0.05) is 18.7 Å². The summed E-state index contributed by atoms with van der Waals surface area (Å²) in [5.74, 6) is 0.497. The highest BCUT2D eigenvalue weighted by atomic mass is 19.4. The number of rotatable bonds is 3. The first-order valence-corrected chi connectivity index (χ1v) is 7.32. The van der Waals surface area contributed by atoms with Gasteiger partial charge in [-0.1, -0.05) is 17.3 Å². The second-order valence-corrected chi connectivity index (χ2v) is 5.60. The molecule has 1 fully saturated rings. The van der Waals surface area contributed by atoms with E-state index in [0.717, 1.165) is 25.2 Å². The number of halogens is 3. The average molecular weight is 327 g/mol. The largest absolute Gasteiger partial charge is 0.416 e. The number of aromatic nitrogens is 2. The number of hydrogen-bond donors (Lipinski definition) is 1. The summed E-state index contributed by atoms with van der Waals surface area (Å²) >= 11 is 0. The number of nitrogens with zero attached hydrogens (tertiary/aromatic N) is 3. The van der Waals surface area contributed by atoms with Crippen molar-refractivity contribution < 1.29 is 22.8 Å². The van der Waals surface area contributed by atoms with Crippen molar-refractivity contribution in [1.82, 2.24) is 15.0 Å². The third-order valence-electron chi connectivity index (χ3n) is 3.83. The van der Waals surface area contributed by atoms with Gasteiger partial charge in [-0.3, -0.25) is 4.90 Å². The van der Waals surface area contributed by atoms with Crippen LogP contribution in [-0.2, 0) is 12.7 Å². The minimum Gasteiger partial charge on any atom is -0.393 e. The van der Waals surface area contributed by atoms with Crippen LogP contribution in [0.25, 0.3) is 11.4 Å². The van der Waals surface area contributed by atoms with Gasteiger partial charge in [0.15, 0.2) is 0 Å². The second-order valence-electron chi connectivity index (χ2n) is 5.60. The van der Waals surface area contributed by atoms with Gasteiger partial charge in [-0.25, -0.2) is 0 Å². The quantitative estimate of drug-likeness (QED) is 0.939. The third kappa shape index (κ3) is 3.89. The van der Waals surface area contributed by atoms with E-state index in [1.807, 2.05) is 0 Å². The molecule has 1 saturated heterocycles. The molecule has 1 aromatic carbocycles. The fraction of sp³-hybridized carbons (Fsp3) is 0.467. The zero-order chi connectivity index (χ0) is 16.4. The van der Waals surface area contributed by atoms with Crippen LogP contribution in [0, 0.1) is 0 Å². The Hall–Kier alpha value is -1.93. The molecule has 1 aliphatic rings. The molecule has 3 rings (SSSR count). The highest BCUT2D eigenvalue weighted by Crippen LogP contribution is 2.31. The molecular formula is C15H16F3N3O2. The molecule has 5 nitrogen and oxygen atoms in total. The lowest BCUT2D eigenvalue weighted by Crippen LogP contribution is -2.35. The minimum absolute atomic E-state index is 0.142. The highest BCUT2D eigenvalue weighted by Gasteiger charge is 2.30. The summed E-state index contributed by atoms with van der Waals surface area (Å²) in [5.41, 5.74) is -0.477. The lowest BCUT2D eigenvalue weighted by Gasteiger charge is -2.27. The smallest absolute Gasteiger partial charge is 0.393 e. The van der Waals surface area contributed by atoms with Crippen LogP contribution < -0.4 is 0 Å². The van der Waals surface area contributed by atoms with Crippen LogP contribution in [0.2, 0.25) is 0 Å². The topological polar surface area (TPSA) is 62.4 Å². The summed E-state index contributed by atoms with van der Waals surface area (Å²) < 4.78 is 43.3. The van der Waals surface area contributed by atoms with Gasteiger partial charge in [-0.05, 0) is 25.0 Å². The van der Waals surface area contributed by atoms with Crippen LogP contribution in [-0.4, -0.2) is 39.3 Å². The van der Waals surface area contributed by atoms with Crippen LogP contribution in [0.3, 0.4) is 0 Å². The first kappa shape index (κ1) is 15.9. The second kappa shape index (κ2) is 6.29. The summed E-state index contributed by atoms with van der Waals surface area (Å²) in [5, 5.41) is 13.2. The Kier molecular flexibility index (Phi) is 4.36. The zero-order valence-electron chi connectivity index (χ0n) is 12.3. The summed E-state index contributed by atoms with van der Waals surface area (Å²) in [6, 6.07) is 4.84. The van der Waals surface area contributed by atoms with Crippen molar-refractivity contribution in [1.29, 1.82) is 0 Å². The van der Waals surface area contributed by atoms with Crippen molar-refractivity contribution in [3.8, 4) is 11.4 Å². The molecule has 2 aromatic rings. The van der Waals surface area contributed by atoms with Crippen molar-refractivity contribution in [3.63, 3.8) is 0 Å². The molecule has 2 heterocycles. The number of alkyl halides is 3. The molecule has 0 atom stereocenters. The molecule has 1 aliphatic heterocycles. The molecule has 23 heavy (non-hydrogen) atoms. The van der Waals surface area contributed by atoms with Crippen molar-refractivity contribution in [2.45, 2.75) is 31.7 Å².